The molecule has 1 aromatic rings. The molecule has 2 rings (SSSR count). The van der Waals surface area contributed by atoms with E-state index in [4.69, 9.17) is 10.5 Å². The van der Waals surface area contributed by atoms with Crippen molar-refractivity contribution in [3.63, 3.8) is 0 Å². The monoisotopic (exact) mass is 248 g/mol. The van der Waals surface area contributed by atoms with Crippen molar-refractivity contribution in [2.75, 3.05) is 20.2 Å². The quantitative estimate of drug-likeness (QED) is 0.804. The van der Waals surface area contributed by atoms with Crippen LogP contribution in [0.3, 0.4) is 0 Å². The summed E-state index contributed by atoms with van der Waals surface area (Å²) in [5.74, 6) is 1.80. The van der Waals surface area contributed by atoms with E-state index in [9.17, 15) is 0 Å². The maximum atomic E-state index is 5.73. The number of hydrogen-bond acceptors (Lipinski definition) is 3. The lowest BCUT2D eigenvalue weighted by atomic mass is 10.1. The van der Waals surface area contributed by atoms with Gasteiger partial charge in [0.1, 0.15) is 5.75 Å². The van der Waals surface area contributed by atoms with E-state index in [2.05, 4.69) is 24.0 Å². The molecular weight excluding hydrogens is 224 g/mol. The van der Waals surface area contributed by atoms with Gasteiger partial charge in [0.2, 0.25) is 0 Å². The van der Waals surface area contributed by atoms with Gasteiger partial charge in [-0.2, -0.15) is 0 Å². The summed E-state index contributed by atoms with van der Waals surface area (Å²) in [6.45, 7) is 5.02. The SMILES string of the molecule is COc1ccc(CN(CCN)C(C)C2CC2)cc1. The van der Waals surface area contributed by atoms with Gasteiger partial charge in [0.15, 0.2) is 0 Å². The second-order valence-electron chi connectivity index (χ2n) is 5.19. The van der Waals surface area contributed by atoms with Gasteiger partial charge in [0.05, 0.1) is 7.11 Å². The second-order valence-corrected chi connectivity index (χ2v) is 5.19. The standard InChI is InChI=1S/C15H24N2O/c1-12(14-5-6-14)17(10-9-16)11-13-3-7-15(18-2)8-4-13/h3-4,7-8,12,14H,5-6,9-11,16H2,1-2H3. The second kappa shape index (κ2) is 6.21. The molecule has 0 saturated heterocycles. The van der Waals surface area contributed by atoms with E-state index in [0.717, 1.165) is 31.3 Å². The van der Waals surface area contributed by atoms with Crippen LogP contribution in [0.4, 0.5) is 0 Å². The summed E-state index contributed by atoms with van der Waals surface area (Å²) in [4.78, 5) is 2.50. The maximum Gasteiger partial charge on any atom is 0.118 e. The molecule has 0 amide bonds. The van der Waals surface area contributed by atoms with Crippen LogP contribution in [0.2, 0.25) is 0 Å². The molecule has 1 fully saturated rings. The fourth-order valence-corrected chi connectivity index (χ4v) is 2.43. The molecule has 1 atom stereocenters. The highest BCUT2D eigenvalue weighted by molar-refractivity contribution is 5.27. The molecule has 3 nitrogen and oxygen atoms in total. The topological polar surface area (TPSA) is 38.5 Å². The van der Waals surface area contributed by atoms with Crippen LogP contribution in [0, 0.1) is 5.92 Å². The molecule has 3 heteroatoms. The highest BCUT2D eigenvalue weighted by Gasteiger charge is 2.31. The molecule has 1 aliphatic carbocycles. The fourth-order valence-electron chi connectivity index (χ4n) is 2.43. The maximum absolute atomic E-state index is 5.73. The summed E-state index contributed by atoms with van der Waals surface area (Å²) in [6.07, 6.45) is 2.76. The third kappa shape index (κ3) is 3.47. The van der Waals surface area contributed by atoms with Gasteiger partial charge in [0, 0.05) is 25.7 Å². The summed E-state index contributed by atoms with van der Waals surface area (Å²) < 4.78 is 5.18. The molecule has 18 heavy (non-hydrogen) atoms. The molecule has 0 spiro atoms. The Kier molecular flexibility index (Phi) is 4.61. The first-order chi connectivity index (χ1) is 8.74. The zero-order valence-corrected chi connectivity index (χ0v) is 11.4. The lowest BCUT2D eigenvalue weighted by Gasteiger charge is -2.28. The van der Waals surface area contributed by atoms with E-state index in [1.807, 2.05) is 12.1 Å². The van der Waals surface area contributed by atoms with E-state index >= 15 is 0 Å². The highest BCUT2D eigenvalue weighted by atomic mass is 16.5. The van der Waals surface area contributed by atoms with Crippen LogP contribution in [0.15, 0.2) is 24.3 Å². The van der Waals surface area contributed by atoms with Gasteiger partial charge in [-0.1, -0.05) is 12.1 Å². The molecule has 1 saturated carbocycles. The number of ether oxygens (including phenoxy) is 1. The van der Waals surface area contributed by atoms with Crippen LogP contribution in [-0.4, -0.2) is 31.1 Å². The third-order valence-corrected chi connectivity index (χ3v) is 3.84. The fraction of sp³-hybridized carbons (Fsp3) is 0.600. The summed E-state index contributed by atoms with van der Waals surface area (Å²) in [6, 6.07) is 8.98. The molecule has 0 bridgehead atoms. The number of rotatable bonds is 7. The van der Waals surface area contributed by atoms with Gasteiger partial charge >= 0.3 is 0 Å². The van der Waals surface area contributed by atoms with E-state index < -0.39 is 0 Å². The van der Waals surface area contributed by atoms with Crippen molar-refractivity contribution in [3.8, 4) is 5.75 Å². The molecule has 1 unspecified atom stereocenters. The lowest BCUT2D eigenvalue weighted by molar-refractivity contribution is 0.186. The minimum absolute atomic E-state index is 0.649. The van der Waals surface area contributed by atoms with Gasteiger partial charge in [-0.15, -0.1) is 0 Å². The summed E-state index contributed by atoms with van der Waals surface area (Å²) >= 11 is 0. The zero-order valence-electron chi connectivity index (χ0n) is 11.4. The van der Waals surface area contributed by atoms with Crippen molar-refractivity contribution >= 4 is 0 Å². The van der Waals surface area contributed by atoms with Gasteiger partial charge in [-0.3, -0.25) is 4.90 Å². The third-order valence-electron chi connectivity index (χ3n) is 3.84. The lowest BCUT2D eigenvalue weighted by Crippen LogP contribution is -2.37. The molecule has 0 heterocycles. The van der Waals surface area contributed by atoms with Crippen molar-refractivity contribution < 1.29 is 4.74 Å². The first kappa shape index (κ1) is 13.4. The Balaban J connectivity index is 1.97. The molecule has 2 N–H and O–H groups in total. The van der Waals surface area contributed by atoms with E-state index in [0.29, 0.717) is 6.04 Å². The van der Waals surface area contributed by atoms with Gasteiger partial charge in [0.25, 0.3) is 0 Å². The average molecular weight is 248 g/mol. The van der Waals surface area contributed by atoms with Gasteiger partial charge in [-0.05, 0) is 43.4 Å². The van der Waals surface area contributed by atoms with Crippen molar-refractivity contribution in [3.05, 3.63) is 29.8 Å². The summed E-state index contributed by atoms with van der Waals surface area (Å²) in [7, 11) is 1.70. The predicted octanol–water partition coefficient (Wildman–Crippen LogP) is 2.25. The molecule has 0 radical (unpaired) electrons. The molecule has 100 valence electrons. The van der Waals surface area contributed by atoms with Crippen molar-refractivity contribution in [1.82, 2.24) is 4.90 Å². The minimum atomic E-state index is 0.649. The number of methoxy groups -OCH3 is 1. The highest BCUT2D eigenvalue weighted by Crippen LogP contribution is 2.35. The largest absolute Gasteiger partial charge is 0.497 e. The molecule has 0 aliphatic heterocycles. The van der Waals surface area contributed by atoms with Crippen LogP contribution in [-0.2, 0) is 6.54 Å². The van der Waals surface area contributed by atoms with Crippen molar-refractivity contribution in [2.45, 2.75) is 32.4 Å². The minimum Gasteiger partial charge on any atom is -0.497 e. The number of benzene rings is 1. The van der Waals surface area contributed by atoms with Crippen LogP contribution >= 0.6 is 0 Å². The van der Waals surface area contributed by atoms with Crippen molar-refractivity contribution in [1.29, 1.82) is 0 Å². The Bertz CT molecular complexity index is 359. The number of nitrogens with zero attached hydrogens (tertiary/aromatic N) is 1. The first-order valence-electron chi connectivity index (χ1n) is 6.81. The Morgan fingerprint density at radius 3 is 2.50 bits per heavy atom. The predicted molar refractivity (Wildman–Crippen MR) is 74.6 cm³/mol. The van der Waals surface area contributed by atoms with Gasteiger partial charge in [-0.25, -0.2) is 0 Å². The van der Waals surface area contributed by atoms with Crippen molar-refractivity contribution in [2.24, 2.45) is 11.7 Å². The van der Waals surface area contributed by atoms with E-state index in [1.165, 1.54) is 18.4 Å². The first-order valence-corrected chi connectivity index (χ1v) is 6.81. The number of nitrogens with two attached hydrogens (primary N) is 1. The Morgan fingerprint density at radius 1 is 1.33 bits per heavy atom. The molecule has 1 aromatic carbocycles. The Morgan fingerprint density at radius 2 is 2.00 bits per heavy atom. The summed E-state index contributed by atoms with van der Waals surface area (Å²) in [5.41, 5.74) is 7.06. The normalized spacial score (nSPS) is 16.9. The van der Waals surface area contributed by atoms with E-state index in [-0.39, 0.29) is 0 Å². The van der Waals surface area contributed by atoms with Crippen LogP contribution in [0.5, 0.6) is 5.75 Å². The Hall–Kier alpha value is -1.06. The van der Waals surface area contributed by atoms with Crippen LogP contribution in [0.25, 0.3) is 0 Å². The molecular formula is C15H24N2O. The van der Waals surface area contributed by atoms with Crippen LogP contribution in [0.1, 0.15) is 25.3 Å². The van der Waals surface area contributed by atoms with E-state index in [1.54, 1.807) is 7.11 Å². The van der Waals surface area contributed by atoms with Crippen LogP contribution < -0.4 is 10.5 Å². The number of hydrogen-bond donors (Lipinski definition) is 1. The molecule has 0 aromatic heterocycles. The van der Waals surface area contributed by atoms with Gasteiger partial charge < -0.3 is 10.5 Å². The zero-order chi connectivity index (χ0) is 13.0. The Labute approximate surface area is 110 Å². The molecule has 1 aliphatic rings. The smallest absolute Gasteiger partial charge is 0.118 e. The summed E-state index contributed by atoms with van der Waals surface area (Å²) in [5, 5.41) is 0. The average Bonchev–Trinajstić information content (AvgIpc) is 3.22.